The Morgan fingerprint density at radius 2 is 2.25 bits per heavy atom. The van der Waals surface area contributed by atoms with Crippen molar-refractivity contribution in [3.05, 3.63) is 29.6 Å². The Balaban J connectivity index is 1.83. The highest BCUT2D eigenvalue weighted by Crippen LogP contribution is 2.15. The second-order valence-corrected chi connectivity index (χ2v) is 4.42. The number of aromatic nitrogens is 1. The number of hydrogen-bond acceptors (Lipinski definition) is 3. The van der Waals surface area contributed by atoms with Crippen LogP contribution in [0.4, 0.5) is 0 Å². The molecular weight excluding hydrogens is 270 g/mol. The Labute approximate surface area is 104 Å². The summed E-state index contributed by atoms with van der Waals surface area (Å²) in [4.78, 5) is 4.45. The van der Waals surface area contributed by atoms with Crippen LogP contribution in [0.25, 0.3) is 0 Å². The zero-order valence-electron chi connectivity index (χ0n) is 9.19. The first-order valence-electron chi connectivity index (χ1n) is 5.62. The van der Waals surface area contributed by atoms with Gasteiger partial charge in [0.1, 0.15) is 0 Å². The highest BCUT2D eigenvalue weighted by Gasteiger charge is 2.14. The van der Waals surface area contributed by atoms with E-state index >= 15 is 0 Å². The number of pyridine rings is 1. The van der Waals surface area contributed by atoms with Gasteiger partial charge in [-0.25, -0.2) is 0 Å². The normalized spacial score (nSPS) is 20.9. The molecule has 0 N–H and O–H groups in total. The molecule has 1 saturated heterocycles. The first kappa shape index (κ1) is 12.0. The van der Waals surface area contributed by atoms with E-state index in [2.05, 4.69) is 20.9 Å². The number of alkyl halides is 1. The SMILES string of the molecule is BrCc1cccc(COC2CCCCO2)n1. The van der Waals surface area contributed by atoms with Crippen LogP contribution in [0.1, 0.15) is 30.7 Å². The molecule has 4 heteroatoms. The Kier molecular flexibility index (Phi) is 4.75. The Morgan fingerprint density at radius 1 is 1.38 bits per heavy atom. The van der Waals surface area contributed by atoms with Crippen molar-refractivity contribution in [1.29, 1.82) is 0 Å². The van der Waals surface area contributed by atoms with Gasteiger partial charge in [-0.2, -0.15) is 0 Å². The molecule has 1 aromatic heterocycles. The molecule has 2 heterocycles. The Morgan fingerprint density at radius 3 is 3.00 bits per heavy atom. The van der Waals surface area contributed by atoms with Gasteiger partial charge in [0.15, 0.2) is 6.29 Å². The van der Waals surface area contributed by atoms with Gasteiger partial charge >= 0.3 is 0 Å². The quantitative estimate of drug-likeness (QED) is 0.797. The number of halogens is 1. The highest BCUT2D eigenvalue weighted by molar-refractivity contribution is 9.08. The first-order valence-corrected chi connectivity index (χ1v) is 6.74. The monoisotopic (exact) mass is 285 g/mol. The second-order valence-electron chi connectivity index (χ2n) is 3.86. The standard InChI is InChI=1S/C12H16BrNO2/c13-8-10-4-3-5-11(14-10)9-16-12-6-1-2-7-15-12/h3-5,12H,1-2,6-9H2. The van der Waals surface area contributed by atoms with Crippen molar-refractivity contribution in [2.75, 3.05) is 6.61 Å². The van der Waals surface area contributed by atoms with Gasteiger partial charge in [-0.15, -0.1) is 0 Å². The minimum Gasteiger partial charge on any atom is -0.353 e. The van der Waals surface area contributed by atoms with Crippen LogP contribution >= 0.6 is 15.9 Å². The van der Waals surface area contributed by atoms with Crippen molar-refractivity contribution in [3.8, 4) is 0 Å². The molecule has 1 aliphatic rings. The van der Waals surface area contributed by atoms with E-state index in [1.807, 2.05) is 18.2 Å². The first-order chi connectivity index (χ1) is 7.88. The molecule has 1 atom stereocenters. The zero-order chi connectivity index (χ0) is 11.2. The molecule has 0 aromatic carbocycles. The summed E-state index contributed by atoms with van der Waals surface area (Å²) in [6, 6.07) is 5.98. The Hall–Kier alpha value is -0.450. The predicted molar refractivity (Wildman–Crippen MR) is 65.2 cm³/mol. The largest absolute Gasteiger partial charge is 0.353 e. The van der Waals surface area contributed by atoms with E-state index in [0.717, 1.165) is 36.2 Å². The van der Waals surface area contributed by atoms with Crippen LogP contribution in [-0.2, 0) is 21.4 Å². The zero-order valence-corrected chi connectivity index (χ0v) is 10.8. The molecule has 0 spiro atoms. The van der Waals surface area contributed by atoms with Crippen LogP contribution in [0.5, 0.6) is 0 Å². The molecule has 3 nitrogen and oxygen atoms in total. The highest BCUT2D eigenvalue weighted by atomic mass is 79.9. The average Bonchev–Trinajstić information content (AvgIpc) is 2.38. The summed E-state index contributed by atoms with van der Waals surface area (Å²) >= 11 is 3.39. The van der Waals surface area contributed by atoms with E-state index in [0.29, 0.717) is 6.61 Å². The lowest BCUT2D eigenvalue weighted by atomic mass is 10.2. The van der Waals surface area contributed by atoms with Crippen LogP contribution in [0, 0.1) is 0 Å². The molecule has 1 unspecified atom stereocenters. The number of nitrogens with zero attached hydrogens (tertiary/aromatic N) is 1. The van der Waals surface area contributed by atoms with Crippen molar-refractivity contribution in [3.63, 3.8) is 0 Å². The van der Waals surface area contributed by atoms with Crippen molar-refractivity contribution < 1.29 is 9.47 Å². The van der Waals surface area contributed by atoms with Gasteiger partial charge in [0.2, 0.25) is 0 Å². The van der Waals surface area contributed by atoms with Gasteiger partial charge < -0.3 is 9.47 Å². The van der Waals surface area contributed by atoms with E-state index in [4.69, 9.17) is 9.47 Å². The molecule has 0 saturated carbocycles. The minimum absolute atomic E-state index is 0.0387. The van der Waals surface area contributed by atoms with E-state index in [1.165, 1.54) is 6.42 Å². The van der Waals surface area contributed by atoms with Crippen molar-refractivity contribution in [2.24, 2.45) is 0 Å². The third-order valence-electron chi connectivity index (χ3n) is 2.56. The summed E-state index contributed by atoms with van der Waals surface area (Å²) in [6.07, 6.45) is 3.30. The fourth-order valence-electron chi connectivity index (χ4n) is 1.71. The average molecular weight is 286 g/mol. The van der Waals surface area contributed by atoms with E-state index < -0.39 is 0 Å². The van der Waals surface area contributed by atoms with Crippen molar-refractivity contribution >= 4 is 15.9 Å². The molecule has 0 amide bonds. The molecule has 0 bridgehead atoms. The number of ether oxygens (including phenoxy) is 2. The van der Waals surface area contributed by atoms with Crippen molar-refractivity contribution in [1.82, 2.24) is 4.98 Å². The minimum atomic E-state index is -0.0387. The van der Waals surface area contributed by atoms with Crippen LogP contribution < -0.4 is 0 Å². The molecule has 1 fully saturated rings. The summed E-state index contributed by atoms with van der Waals surface area (Å²) in [5, 5.41) is 0.779. The van der Waals surface area contributed by atoms with Gasteiger partial charge in [-0.05, 0) is 31.4 Å². The maximum absolute atomic E-state index is 5.67. The molecular formula is C12H16BrNO2. The van der Waals surface area contributed by atoms with E-state index in [1.54, 1.807) is 0 Å². The molecule has 16 heavy (non-hydrogen) atoms. The number of rotatable bonds is 4. The lowest BCUT2D eigenvalue weighted by Crippen LogP contribution is -2.22. The maximum Gasteiger partial charge on any atom is 0.158 e. The summed E-state index contributed by atoms with van der Waals surface area (Å²) in [5.41, 5.74) is 2.00. The lowest BCUT2D eigenvalue weighted by Gasteiger charge is -2.22. The number of hydrogen-bond donors (Lipinski definition) is 0. The molecule has 0 aliphatic carbocycles. The van der Waals surface area contributed by atoms with Gasteiger partial charge in [0.05, 0.1) is 18.0 Å². The molecule has 88 valence electrons. The smallest absolute Gasteiger partial charge is 0.158 e. The van der Waals surface area contributed by atoms with E-state index in [-0.39, 0.29) is 6.29 Å². The van der Waals surface area contributed by atoms with Crippen LogP contribution in [0.15, 0.2) is 18.2 Å². The lowest BCUT2D eigenvalue weighted by molar-refractivity contribution is -0.169. The van der Waals surface area contributed by atoms with Crippen LogP contribution in [0.2, 0.25) is 0 Å². The third kappa shape index (κ3) is 3.54. The Bertz CT molecular complexity index is 327. The predicted octanol–water partition coefficient (Wildman–Crippen LogP) is 3.02. The maximum atomic E-state index is 5.67. The van der Waals surface area contributed by atoms with Gasteiger partial charge in [0.25, 0.3) is 0 Å². The summed E-state index contributed by atoms with van der Waals surface area (Å²) in [7, 11) is 0. The second kappa shape index (κ2) is 6.33. The van der Waals surface area contributed by atoms with E-state index in [9.17, 15) is 0 Å². The third-order valence-corrected chi connectivity index (χ3v) is 3.13. The summed E-state index contributed by atoms with van der Waals surface area (Å²) in [5.74, 6) is 0. The fraction of sp³-hybridized carbons (Fsp3) is 0.583. The fourth-order valence-corrected chi connectivity index (χ4v) is 2.02. The molecule has 1 aromatic rings. The van der Waals surface area contributed by atoms with Gasteiger partial charge in [-0.3, -0.25) is 4.98 Å². The van der Waals surface area contributed by atoms with Gasteiger partial charge in [0, 0.05) is 11.9 Å². The molecule has 1 aliphatic heterocycles. The topological polar surface area (TPSA) is 31.4 Å². The summed E-state index contributed by atoms with van der Waals surface area (Å²) < 4.78 is 11.2. The van der Waals surface area contributed by atoms with Gasteiger partial charge in [-0.1, -0.05) is 22.0 Å². The molecule has 2 rings (SSSR count). The van der Waals surface area contributed by atoms with Crippen molar-refractivity contribution in [2.45, 2.75) is 37.5 Å². The molecule has 0 radical (unpaired) electrons. The van der Waals surface area contributed by atoms with Crippen LogP contribution in [0.3, 0.4) is 0 Å². The summed E-state index contributed by atoms with van der Waals surface area (Å²) in [6.45, 7) is 1.35. The van der Waals surface area contributed by atoms with Crippen LogP contribution in [-0.4, -0.2) is 17.9 Å².